The minimum absolute atomic E-state index is 0. The number of nitrogens with one attached hydrogen (secondary N) is 1. The van der Waals surface area contributed by atoms with Crippen molar-refractivity contribution in [2.75, 3.05) is 12.5 Å². The smallest absolute Gasteiger partial charge is 0.202 e. The summed E-state index contributed by atoms with van der Waals surface area (Å²) in [6.07, 6.45) is 2.43. The van der Waals surface area contributed by atoms with Crippen molar-refractivity contribution < 1.29 is 19.5 Å². The SMILES string of the molecule is CNn1[c-]nn(C)c1=O.[Rh]. The molecule has 1 rings (SSSR count). The number of rotatable bonds is 1. The van der Waals surface area contributed by atoms with Crippen LogP contribution in [0.4, 0.5) is 0 Å². The second-order valence-corrected chi connectivity index (χ2v) is 1.57. The third-order valence-electron chi connectivity index (χ3n) is 0.986. The van der Waals surface area contributed by atoms with Gasteiger partial charge >= 0.3 is 0 Å². The van der Waals surface area contributed by atoms with Crippen molar-refractivity contribution in [3.63, 3.8) is 0 Å². The average molecular weight is 230 g/mol. The van der Waals surface area contributed by atoms with E-state index in [2.05, 4.69) is 16.9 Å². The van der Waals surface area contributed by atoms with E-state index in [1.165, 1.54) is 9.36 Å². The zero-order chi connectivity index (χ0) is 6.85. The Labute approximate surface area is 70.8 Å². The first-order valence-corrected chi connectivity index (χ1v) is 2.47. The van der Waals surface area contributed by atoms with E-state index in [0.717, 1.165) is 0 Å². The summed E-state index contributed by atoms with van der Waals surface area (Å²) in [5, 5.41) is 3.57. The van der Waals surface area contributed by atoms with Gasteiger partial charge < -0.3 is 19.6 Å². The second-order valence-electron chi connectivity index (χ2n) is 1.57. The van der Waals surface area contributed by atoms with Gasteiger partial charge in [0.1, 0.15) is 0 Å². The summed E-state index contributed by atoms with van der Waals surface area (Å²) in [7, 11) is 3.19. The van der Waals surface area contributed by atoms with Gasteiger partial charge in [0.05, 0.1) is 0 Å². The summed E-state index contributed by atoms with van der Waals surface area (Å²) in [4.78, 5) is 10.8. The second kappa shape index (κ2) is 3.51. The van der Waals surface area contributed by atoms with Crippen molar-refractivity contribution >= 4 is 0 Å². The van der Waals surface area contributed by atoms with E-state index in [-0.39, 0.29) is 25.2 Å². The quantitative estimate of drug-likeness (QED) is 0.474. The molecule has 0 bridgehead atoms. The van der Waals surface area contributed by atoms with Crippen LogP contribution in [0.1, 0.15) is 0 Å². The Balaban J connectivity index is 0.000000810. The van der Waals surface area contributed by atoms with Crippen LogP contribution in [0.25, 0.3) is 0 Å². The molecule has 0 aliphatic heterocycles. The maximum Gasteiger partial charge on any atom is 0.202 e. The fourth-order valence-corrected chi connectivity index (χ4v) is 0.488. The van der Waals surface area contributed by atoms with Gasteiger partial charge in [0.15, 0.2) is 0 Å². The molecule has 0 aromatic carbocycles. The van der Waals surface area contributed by atoms with E-state index >= 15 is 0 Å². The van der Waals surface area contributed by atoms with Crippen LogP contribution >= 0.6 is 0 Å². The summed E-state index contributed by atoms with van der Waals surface area (Å²) < 4.78 is 2.36. The first-order chi connectivity index (χ1) is 4.25. The number of hydrogen-bond donors (Lipinski definition) is 1. The molecule has 1 aromatic heterocycles. The van der Waals surface area contributed by atoms with Gasteiger partial charge in [-0.25, -0.2) is 0 Å². The molecular formula is C4H7N4ORh-. The molecule has 10 heavy (non-hydrogen) atoms. The summed E-state index contributed by atoms with van der Waals surface area (Å²) in [5.41, 5.74) is 2.36. The zero-order valence-electron chi connectivity index (χ0n) is 5.58. The molecule has 0 fully saturated rings. The first-order valence-electron chi connectivity index (χ1n) is 2.47. The van der Waals surface area contributed by atoms with Crippen molar-refractivity contribution in [2.24, 2.45) is 7.05 Å². The fourth-order valence-electron chi connectivity index (χ4n) is 0.488. The zero-order valence-corrected chi connectivity index (χ0v) is 7.22. The molecule has 0 aliphatic carbocycles. The van der Waals surface area contributed by atoms with Crippen LogP contribution in [0.5, 0.6) is 0 Å². The topological polar surface area (TPSA) is 51.9 Å². The molecule has 59 valence electrons. The standard InChI is InChI=1S/C4H7N4O.Rh/c1-5-8-3-6-7(2)4(8)9;/h5H,1-2H3;/q-1;. The summed E-state index contributed by atoms with van der Waals surface area (Å²) in [6.45, 7) is 0. The number of hydrogen-bond acceptors (Lipinski definition) is 3. The average Bonchev–Trinajstić information content (AvgIpc) is 2.15. The van der Waals surface area contributed by atoms with E-state index in [1.807, 2.05) is 0 Å². The number of aromatic nitrogens is 3. The summed E-state index contributed by atoms with van der Waals surface area (Å²) in [5.74, 6) is 0. The van der Waals surface area contributed by atoms with E-state index in [1.54, 1.807) is 14.1 Å². The van der Waals surface area contributed by atoms with Crippen LogP contribution in [0.15, 0.2) is 4.79 Å². The summed E-state index contributed by atoms with van der Waals surface area (Å²) in [6, 6.07) is 0. The largest absolute Gasteiger partial charge is 0.362 e. The van der Waals surface area contributed by atoms with Gasteiger partial charge in [-0.05, 0) is 6.33 Å². The minimum atomic E-state index is -0.225. The fraction of sp³-hybridized carbons (Fsp3) is 0.500. The Morgan fingerprint density at radius 3 is 2.50 bits per heavy atom. The van der Waals surface area contributed by atoms with Gasteiger partial charge in [-0.2, -0.15) is 0 Å². The van der Waals surface area contributed by atoms with Crippen LogP contribution in [-0.2, 0) is 26.5 Å². The Morgan fingerprint density at radius 2 is 2.30 bits per heavy atom. The third-order valence-corrected chi connectivity index (χ3v) is 0.986. The van der Waals surface area contributed by atoms with E-state index < -0.39 is 0 Å². The molecule has 6 heteroatoms. The van der Waals surface area contributed by atoms with Gasteiger partial charge in [-0.1, -0.05) is 0 Å². The van der Waals surface area contributed by atoms with Gasteiger partial charge in [0.2, 0.25) is 5.69 Å². The number of aryl methyl sites for hydroxylation is 1. The van der Waals surface area contributed by atoms with Crippen molar-refractivity contribution in [2.45, 2.75) is 0 Å². The molecule has 0 saturated heterocycles. The van der Waals surface area contributed by atoms with Gasteiger partial charge in [0, 0.05) is 33.6 Å². The van der Waals surface area contributed by atoms with Crippen molar-refractivity contribution in [3.8, 4) is 0 Å². The van der Waals surface area contributed by atoms with Gasteiger partial charge in [0.25, 0.3) is 0 Å². The maximum atomic E-state index is 10.8. The Kier molecular flexibility index (Phi) is 3.29. The van der Waals surface area contributed by atoms with Crippen LogP contribution in [0.3, 0.4) is 0 Å². The molecule has 1 radical (unpaired) electrons. The predicted molar refractivity (Wildman–Crippen MR) is 31.6 cm³/mol. The molecule has 0 atom stereocenters. The van der Waals surface area contributed by atoms with Crippen LogP contribution in [-0.4, -0.2) is 21.5 Å². The Hall–Kier alpha value is -0.637. The molecule has 0 saturated carbocycles. The molecular weight excluding hydrogens is 223 g/mol. The minimum Gasteiger partial charge on any atom is -0.362 e. The molecule has 1 N–H and O–H groups in total. The van der Waals surface area contributed by atoms with Crippen molar-refractivity contribution in [1.82, 2.24) is 14.5 Å². The predicted octanol–water partition coefficient (Wildman–Crippen LogP) is -1.45. The van der Waals surface area contributed by atoms with Crippen molar-refractivity contribution in [1.29, 1.82) is 0 Å². The van der Waals surface area contributed by atoms with E-state index in [4.69, 9.17) is 0 Å². The van der Waals surface area contributed by atoms with Gasteiger partial charge in [-0.3, -0.25) is 5.10 Å². The van der Waals surface area contributed by atoms with Crippen LogP contribution < -0.4 is 11.1 Å². The normalized spacial score (nSPS) is 8.60. The van der Waals surface area contributed by atoms with E-state index in [9.17, 15) is 4.79 Å². The Bertz CT molecular complexity index is 252. The molecule has 0 amide bonds. The van der Waals surface area contributed by atoms with Crippen LogP contribution in [0.2, 0.25) is 0 Å². The molecule has 0 aliphatic rings. The molecule has 5 nitrogen and oxygen atoms in total. The molecule has 1 heterocycles. The maximum absolute atomic E-state index is 10.8. The van der Waals surface area contributed by atoms with Gasteiger partial charge in [-0.15, -0.1) is 0 Å². The van der Waals surface area contributed by atoms with Crippen molar-refractivity contribution in [3.05, 3.63) is 16.8 Å². The monoisotopic (exact) mass is 230 g/mol. The molecule has 0 unspecified atom stereocenters. The first kappa shape index (κ1) is 9.36. The third kappa shape index (κ3) is 1.45. The van der Waals surface area contributed by atoms with Crippen LogP contribution in [0, 0.1) is 6.33 Å². The molecule has 1 aromatic rings. The summed E-state index contributed by atoms with van der Waals surface area (Å²) >= 11 is 0. The molecule has 0 spiro atoms. The Morgan fingerprint density at radius 1 is 1.70 bits per heavy atom. The number of nitrogens with zero attached hydrogens (tertiary/aromatic N) is 3. The van der Waals surface area contributed by atoms with E-state index in [0.29, 0.717) is 0 Å².